The Hall–Kier alpha value is -2.94. The van der Waals surface area contributed by atoms with Gasteiger partial charge in [0.2, 0.25) is 0 Å². The second kappa shape index (κ2) is 11.0. The molecule has 10 heteroatoms. The summed E-state index contributed by atoms with van der Waals surface area (Å²) >= 11 is 6.51. The number of hydrogen-bond acceptors (Lipinski definition) is 4. The topological polar surface area (TPSA) is 70.7 Å². The van der Waals surface area contributed by atoms with Crippen molar-refractivity contribution < 1.29 is 27.5 Å². The molecule has 0 bridgehead atoms. The predicted octanol–water partition coefficient (Wildman–Crippen LogP) is 5.97. The third-order valence-electron chi connectivity index (χ3n) is 5.82. The van der Waals surface area contributed by atoms with E-state index in [4.69, 9.17) is 16.3 Å². The van der Waals surface area contributed by atoms with Crippen molar-refractivity contribution in [3.63, 3.8) is 0 Å². The van der Waals surface area contributed by atoms with Crippen LogP contribution in [0.4, 0.5) is 23.7 Å². The van der Waals surface area contributed by atoms with Crippen LogP contribution in [0.2, 0.25) is 5.02 Å². The Morgan fingerprint density at radius 3 is 2.31 bits per heavy atom. The molecular weight excluding hydrogens is 495 g/mol. The Morgan fingerprint density at radius 1 is 1.06 bits per heavy atom. The summed E-state index contributed by atoms with van der Waals surface area (Å²) in [6, 6.07) is 8.19. The number of benzene rings is 2. The molecule has 2 amide bonds. The van der Waals surface area contributed by atoms with Gasteiger partial charge in [-0.15, -0.1) is 0 Å². The smallest absolute Gasteiger partial charge is 0.410 e. The Balaban J connectivity index is 1.66. The van der Waals surface area contributed by atoms with E-state index < -0.39 is 23.7 Å². The van der Waals surface area contributed by atoms with Crippen molar-refractivity contribution >= 4 is 29.3 Å². The maximum atomic E-state index is 12.7. The summed E-state index contributed by atoms with van der Waals surface area (Å²) in [6.07, 6.45) is -3.57. The van der Waals surface area contributed by atoms with Crippen LogP contribution < -0.4 is 10.6 Å². The number of alkyl halides is 3. The van der Waals surface area contributed by atoms with Crippen LogP contribution in [0.15, 0.2) is 36.4 Å². The van der Waals surface area contributed by atoms with E-state index in [0.29, 0.717) is 37.5 Å². The summed E-state index contributed by atoms with van der Waals surface area (Å²) in [6.45, 7) is 7.84. The van der Waals surface area contributed by atoms with Crippen molar-refractivity contribution in [1.82, 2.24) is 10.2 Å². The quantitative estimate of drug-likeness (QED) is 0.504. The van der Waals surface area contributed by atoms with Crippen LogP contribution in [-0.2, 0) is 24.1 Å². The largest absolute Gasteiger partial charge is 0.444 e. The standard InChI is InChI=1S/C26H31ClF3N3O3/c1-16(26(28,29)30)32-23(34)19-7-5-17(6-8-19)15-31-22-20-12-14-33(24(35)36-25(2,3)4)13-11-18(20)9-10-21(22)27/h5-10,16,31H,11-15H2,1-4H3,(H,32,34). The number of nitrogens with one attached hydrogen (secondary N) is 2. The molecule has 1 aliphatic heterocycles. The molecule has 1 unspecified atom stereocenters. The number of ether oxygens (including phenoxy) is 1. The number of nitrogens with zero attached hydrogens (tertiary/aromatic N) is 1. The number of carbonyl (C=O) groups excluding carboxylic acids is 2. The second-order valence-electron chi connectivity index (χ2n) is 9.81. The van der Waals surface area contributed by atoms with Gasteiger partial charge in [0.25, 0.3) is 5.91 Å². The van der Waals surface area contributed by atoms with E-state index in [-0.39, 0.29) is 11.7 Å². The predicted molar refractivity (Wildman–Crippen MR) is 133 cm³/mol. The van der Waals surface area contributed by atoms with Gasteiger partial charge in [-0.1, -0.05) is 29.8 Å². The Labute approximate surface area is 214 Å². The minimum atomic E-state index is -4.50. The van der Waals surface area contributed by atoms with Crippen molar-refractivity contribution in [2.75, 3.05) is 18.4 Å². The molecule has 6 nitrogen and oxygen atoms in total. The Kier molecular flexibility index (Phi) is 8.44. The van der Waals surface area contributed by atoms with E-state index in [1.54, 1.807) is 17.0 Å². The molecule has 3 rings (SSSR count). The third-order valence-corrected chi connectivity index (χ3v) is 6.13. The van der Waals surface area contributed by atoms with Gasteiger partial charge in [0, 0.05) is 25.2 Å². The molecule has 0 fully saturated rings. The summed E-state index contributed by atoms with van der Waals surface area (Å²) in [4.78, 5) is 26.3. The van der Waals surface area contributed by atoms with E-state index in [0.717, 1.165) is 29.3 Å². The summed E-state index contributed by atoms with van der Waals surface area (Å²) in [7, 11) is 0. The second-order valence-corrected chi connectivity index (χ2v) is 10.2. The molecule has 0 saturated heterocycles. The number of carbonyl (C=O) groups is 2. The van der Waals surface area contributed by atoms with Gasteiger partial charge in [0.05, 0.1) is 10.7 Å². The lowest BCUT2D eigenvalue weighted by Crippen LogP contribution is -2.43. The first-order chi connectivity index (χ1) is 16.7. The zero-order valence-corrected chi connectivity index (χ0v) is 21.5. The average Bonchev–Trinajstić information content (AvgIpc) is 3.00. The summed E-state index contributed by atoms with van der Waals surface area (Å²) in [5.74, 6) is -0.787. The van der Waals surface area contributed by atoms with Crippen molar-refractivity contribution in [1.29, 1.82) is 0 Å². The number of hydrogen-bond donors (Lipinski definition) is 2. The molecular formula is C26H31ClF3N3O3. The molecule has 0 aliphatic carbocycles. The van der Waals surface area contributed by atoms with Crippen LogP contribution in [0.3, 0.4) is 0 Å². The minimum Gasteiger partial charge on any atom is -0.444 e. The molecule has 0 aromatic heterocycles. The highest BCUT2D eigenvalue weighted by Gasteiger charge is 2.37. The molecule has 0 saturated carbocycles. The van der Waals surface area contributed by atoms with Crippen molar-refractivity contribution in [2.45, 2.75) is 64.9 Å². The van der Waals surface area contributed by atoms with Crippen LogP contribution in [0.1, 0.15) is 54.7 Å². The molecule has 1 aliphatic rings. The average molecular weight is 526 g/mol. The van der Waals surface area contributed by atoms with E-state index in [1.165, 1.54) is 12.1 Å². The fraction of sp³-hybridized carbons (Fsp3) is 0.462. The summed E-state index contributed by atoms with van der Waals surface area (Å²) in [5, 5.41) is 5.86. The fourth-order valence-electron chi connectivity index (χ4n) is 3.82. The van der Waals surface area contributed by atoms with E-state index in [2.05, 4.69) is 5.32 Å². The van der Waals surface area contributed by atoms with Crippen LogP contribution in [0, 0.1) is 0 Å². The van der Waals surface area contributed by atoms with Crippen LogP contribution in [0.5, 0.6) is 0 Å². The molecule has 1 atom stereocenters. The lowest BCUT2D eigenvalue weighted by molar-refractivity contribution is -0.149. The molecule has 2 N–H and O–H groups in total. The lowest BCUT2D eigenvalue weighted by Gasteiger charge is -2.26. The van der Waals surface area contributed by atoms with Gasteiger partial charge in [-0.25, -0.2) is 4.79 Å². The van der Waals surface area contributed by atoms with Crippen molar-refractivity contribution in [2.24, 2.45) is 0 Å². The molecule has 36 heavy (non-hydrogen) atoms. The van der Waals surface area contributed by atoms with Crippen LogP contribution in [-0.4, -0.2) is 47.8 Å². The van der Waals surface area contributed by atoms with Crippen molar-refractivity contribution in [3.8, 4) is 0 Å². The first-order valence-electron chi connectivity index (χ1n) is 11.7. The minimum absolute atomic E-state index is 0.142. The highest BCUT2D eigenvalue weighted by molar-refractivity contribution is 6.33. The first-order valence-corrected chi connectivity index (χ1v) is 12.1. The molecule has 2 aromatic carbocycles. The normalized spacial score (nSPS) is 14.9. The summed E-state index contributed by atoms with van der Waals surface area (Å²) < 4.78 is 43.6. The van der Waals surface area contributed by atoms with Crippen LogP contribution in [0.25, 0.3) is 0 Å². The third kappa shape index (κ3) is 7.29. The van der Waals surface area contributed by atoms with Gasteiger partial charge in [-0.2, -0.15) is 13.2 Å². The van der Waals surface area contributed by atoms with E-state index in [9.17, 15) is 22.8 Å². The van der Waals surface area contributed by atoms with Gasteiger partial charge >= 0.3 is 12.3 Å². The molecule has 0 spiro atoms. The molecule has 2 aromatic rings. The maximum Gasteiger partial charge on any atom is 0.410 e. The lowest BCUT2D eigenvalue weighted by atomic mass is 10.0. The summed E-state index contributed by atoms with van der Waals surface area (Å²) in [5.41, 5.74) is 3.31. The SMILES string of the molecule is CC(NC(=O)c1ccc(CNc2c(Cl)ccc3c2CCN(C(=O)OC(C)(C)C)CC3)cc1)C(F)(F)F. The van der Waals surface area contributed by atoms with E-state index in [1.807, 2.05) is 38.2 Å². The van der Waals surface area contributed by atoms with Gasteiger partial charge < -0.3 is 20.3 Å². The zero-order chi connectivity index (χ0) is 26.7. The van der Waals surface area contributed by atoms with Gasteiger partial charge in [-0.3, -0.25) is 4.79 Å². The zero-order valence-electron chi connectivity index (χ0n) is 20.8. The van der Waals surface area contributed by atoms with Crippen LogP contribution >= 0.6 is 11.6 Å². The first kappa shape index (κ1) is 27.6. The number of fused-ring (bicyclic) bond motifs is 1. The fourth-order valence-corrected chi connectivity index (χ4v) is 4.07. The molecule has 0 radical (unpaired) electrons. The van der Waals surface area contributed by atoms with Gasteiger partial charge in [0.15, 0.2) is 0 Å². The number of amides is 2. The number of anilines is 1. The van der Waals surface area contributed by atoms with Gasteiger partial charge in [0.1, 0.15) is 11.6 Å². The Morgan fingerprint density at radius 2 is 1.69 bits per heavy atom. The highest BCUT2D eigenvalue weighted by atomic mass is 35.5. The highest BCUT2D eigenvalue weighted by Crippen LogP contribution is 2.32. The maximum absolute atomic E-state index is 12.7. The molecule has 1 heterocycles. The number of rotatable bonds is 5. The molecule has 196 valence electrons. The van der Waals surface area contributed by atoms with E-state index >= 15 is 0 Å². The van der Waals surface area contributed by atoms with Crippen molar-refractivity contribution in [3.05, 3.63) is 63.7 Å². The monoisotopic (exact) mass is 525 g/mol. The van der Waals surface area contributed by atoms with Gasteiger partial charge in [-0.05, 0) is 75.4 Å². The number of halogens is 4. The Bertz CT molecular complexity index is 1100.